The lowest BCUT2D eigenvalue weighted by Gasteiger charge is -2.52. The van der Waals surface area contributed by atoms with Crippen LogP contribution in [0.3, 0.4) is 0 Å². The van der Waals surface area contributed by atoms with Crippen molar-refractivity contribution in [1.82, 2.24) is 10.2 Å². The molecule has 1 spiro atoms. The smallest absolute Gasteiger partial charge is 0.0657 e. The molecule has 3 rings (SSSR count). The van der Waals surface area contributed by atoms with Crippen molar-refractivity contribution in [1.29, 1.82) is 0 Å². The molecule has 0 bridgehead atoms. The molecule has 2 atom stereocenters. The number of nitrogens with one attached hydrogen (secondary N) is 1. The summed E-state index contributed by atoms with van der Waals surface area (Å²) in [5.74, 6) is 0. The predicted molar refractivity (Wildman–Crippen MR) is 114 cm³/mol. The van der Waals surface area contributed by atoms with E-state index in [-0.39, 0.29) is 24.8 Å². The first-order valence-corrected chi connectivity index (χ1v) is 10.6. The normalized spacial score (nSPS) is 31.3. The van der Waals surface area contributed by atoms with Crippen molar-refractivity contribution in [2.24, 2.45) is 10.8 Å². The van der Waals surface area contributed by atoms with Crippen LogP contribution in [-0.2, 0) is 0 Å². The molecule has 0 aromatic rings. The molecule has 2 aliphatic heterocycles. The van der Waals surface area contributed by atoms with Crippen molar-refractivity contribution < 1.29 is 0 Å². The number of hydrogen-bond acceptors (Lipinski definition) is 2. The summed E-state index contributed by atoms with van der Waals surface area (Å²) in [5.41, 5.74) is 1.28. The van der Waals surface area contributed by atoms with Crippen LogP contribution >= 0.6 is 24.8 Å². The molecule has 2 unspecified atom stereocenters. The average molecular weight is 393 g/mol. The Kier molecular flexibility index (Phi) is 9.56. The lowest BCUT2D eigenvalue weighted by molar-refractivity contribution is -0.0261. The summed E-state index contributed by atoms with van der Waals surface area (Å²) in [7, 11) is 0. The summed E-state index contributed by atoms with van der Waals surface area (Å²) in [6, 6.07) is 0.786. The summed E-state index contributed by atoms with van der Waals surface area (Å²) >= 11 is 0. The molecule has 3 fully saturated rings. The second-order valence-corrected chi connectivity index (χ2v) is 9.05. The molecule has 1 aliphatic carbocycles. The second-order valence-electron chi connectivity index (χ2n) is 9.05. The molecule has 0 aromatic carbocycles. The van der Waals surface area contributed by atoms with Crippen LogP contribution in [0.25, 0.3) is 0 Å². The first kappa shape index (κ1) is 23.5. The third kappa shape index (κ3) is 4.86. The van der Waals surface area contributed by atoms with Crippen LogP contribution in [0.15, 0.2) is 0 Å². The Hall–Kier alpha value is 0.500. The van der Waals surface area contributed by atoms with Gasteiger partial charge in [0.1, 0.15) is 0 Å². The lowest BCUT2D eigenvalue weighted by Crippen LogP contribution is -2.57. The Labute approximate surface area is 169 Å². The van der Waals surface area contributed by atoms with Crippen LogP contribution in [0.2, 0.25) is 0 Å². The highest BCUT2D eigenvalue weighted by Gasteiger charge is 2.50. The van der Waals surface area contributed by atoms with Gasteiger partial charge in [0.15, 0.2) is 0 Å². The quantitative estimate of drug-likeness (QED) is 0.601. The van der Waals surface area contributed by atoms with Gasteiger partial charge in [-0.1, -0.05) is 33.1 Å². The molecule has 150 valence electrons. The van der Waals surface area contributed by atoms with Gasteiger partial charge in [-0.15, -0.1) is 24.8 Å². The maximum absolute atomic E-state index is 3.93. The van der Waals surface area contributed by atoms with Crippen LogP contribution in [0, 0.1) is 10.8 Å². The van der Waals surface area contributed by atoms with E-state index in [1.165, 1.54) is 90.1 Å². The molecule has 0 aromatic heterocycles. The van der Waals surface area contributed by atoms with Crippen molar-refractivity contribution in [3.8, 4) is 0 Å². The summed E-state index contributed by atoms with van der Waals surface area (Å²) < 4.78 is 0. The predicted octanol–water partition coefficient (Wildman–Crippen LogP) is 6.17. The largest absolute Gasteiger partial charge is 0.301 e. The Morgan fingerprint density at radius 3 is 2.12 bits per heavy atom. The van der Waals surface area contributed by atoms with Gasteiger partial charge in [-0.3, -0.25) is 4.90 Å². The van der Waals surface area contributed by atoms with Gasteiger partial charge in [-0.05, 0) is 83.2 Å². The van der Waals surface area contributed by atoms with Gasteiger partial charge >= 0.3 is 0 Å². The van der Waals surface area contributed by atoms with Gasteiger partial charge in [-0.2, -0.15) is 0 Å². The minimum absolute atomic E-state index is 0. The number of rotatable bonds is 5. The van der Waals surface area contributed by atoms with E-state index >= 15 is 0 Å². The second kappa shape index (κ2) is 10.2. The Morgan fingerprint density at radius 2 is 1.56 bits per heavy atom. The zero-order valence-electron chi connectivity index (χ0n) is 16.8. The zero-order chi connectivity index (χ0) is 16.3. The van der Waals surface area contributed by atoms with E-state index in [4.69, 9.17) is 0 Å². The number of hydrogen-bond donors (Lipinski definition) is 1. The summed E-state index contributed by atoms with van der Waals surface area (Å²) in [4.78, 5) is 2.85. The summed E-state index contributed by atoms with van der Waals surface area (Å²) in [5, 5.41) is 3.93. The van der Waals surface area contributed by atoms with Crippen LogP contribution < -0.4 is 5.32 Å². The highest BCUT2D eigenvalue weighted by molar-refractivity contribution is 5.85. The summed E-state index contributed by atoms with van der Waals surface area (Å²) in [6.07, 6.45) is 18.0. The molecular weight excluding hydrogens is 351 g/mol. The molecule has 0 amide bonds. The van der Waals surface area contributed by atoms with E-state index in [0.717, 1.165) is 6.04 Å². The van der Waals surface area contributed by atoms with Gasteiger partial charge in [0.2, 0.25) is 0 Å². The van der Waals surface area contributed by atoms with Crippen LogP contribution in [0.1, 0.15) is 97.8 Å². The fourth-order valence-electron chi connectivity index (χ4n) is 6.27. The number of piperidine rings is 1. The fraction of sp³-hybridized carbons (Fsp3) is 1.00. The van der Waals surface area contributed by atoms with Gasteiger partial charge in [0.25, 0.3) is 0 Å². The molecule has 2 saturated heterocycles. The van der Waals surface area contributed by atoms with Gasteiger partial charge in [-0.25, -0.2) is 0 Å². The average Bonchev–Trinajstić information content (AvgIpc) is 2.95. The van der Waals surface area contributed by atoms with E-state index in [9.17, 15) is 0 Å². The number of likely N-dealkylation sites (tertiary alicyclic amines) is 1. The Bertz CT molecular complexity index is 372. The SMILES string of the molecule is CCCC1(CCC)CCC2(CCNC2N2CCCCC2C)CC1.Cl.Cl. The minimum atomic E-state index is 0. The van der Waals surface area contributed by atoms with Gasteiger partial charge in [0, 0.05) is 11.5 Å². The summed E-state index contributed by atoms with van der Waals surface area (Å²) in [6.45, 7) is 9.82. The van der Waals surface area contributed by atoms with Crippen molar-refractivity contribution in [3.63, 3.8) is 0 Å². The monoisotopic (exact) mass is 392 g/mol. The highest BCUT2D eigenvalue weighted by atomic mass is 35.5. The Balaban J connectivity index is 0.00000156. The molecule has 2 heterocycles. The highest BCUT2D eigenvalue weighted by Crippen LogP contribution is 2.55. The molecule has 0 radical (unpaired) electrons. The first-order chi connectivity index (χ1) is 11.1. The molecular formula is C21H42Cl2N2. The molecule has 3 aliphatic rings. The topological polar surface area (TPSA) is 15.3 Å². The van der Waals surface area contributed by atoms with Crippen LogP contribution in [-0.4, -0.2) is 30.2 Å². The Morgan fingerprint density at radius 1 is 0.920 bits per heavy atom. The maximum atomic E-state index is 3.93. The van der Waals surface area contributed by atoms with Crippen molar-refractivity contribution in [2.45, 2.75) is 110 Å². The van der Waals surface area contributed by atoms with Crippen molar-refractivity contribution in [3.05, 3.63) is 0 Å². The van der Waals surface area contributed by atoms with E-state index < -0.39 is 0 Å². The molecule has 2 nitrogen and oxygen atoms in total. The number of nitrogens with zero attached hydrogens (tertiary/aromatic N) is 1. The zero-order valence-corrected chi connectivity index (χ0v) is 18.5. The number of halogens is 2. The minimum Gasteiger partial charge on any atom is -0.301 e. The molecule has 4 heteroatoms. The van der Waals surface area contributed by atoms with E-state index in [1.807, 2.05) is 0 Å². The van der Waals surface area contributed by atoms with Crippen LogP contribution in [0.4, 0.5) is 0 Å². The van der Waals surface area contributed by atoms with Crippen molar-refractivity contribution >= 4 is 24.8 Å². The standard InChI is InChI=1S/C21H40N2.2ClH/c1-4-9-20(10-5-2)11-13-21(14-12-20)15-16-22-19(21)23-17-7-6-8-18(23)3;;/h18-19,22H,4-17H2,1-3H3;2*1H. The molecule has 1 N–H and O–H groups in total. The maximum Gasteiger partial charge on any atom is 0.0657 e. The third-order valence-corrected chi connectivity index (χ3v) is 7.59. The van der Waals surface area contributed by atoms with E-state index in [2.05, 4.69) is 31.0 Å². The van der Waals surface area contributed by atoms with Gasteiger partial charge < -0.3 is 5.32 Å². The van der Waals surface area contributed by atoms with Gasteiger partial charge in [0.05, 0.1) is 6.17 Å². The third-order valence-electron chi connectivity index (χ3n) is 7.59. The van der Waals surface area contributed by atoms with Crippen LogP contribution in [0.5, 0.6) is 0 Å². The molecule has 25 heavy (non-hydrogen) atoms. The van der Waals surface area contributed by atoms with E-state index in [0.29, 0.717) is 17.0 Å². The fourth-order valence-corrected chi connectivity index (χ4v) is 6.27. The lowest BCUT2D eigenvalue weighted by atomic mass is 9.59. The van der Waals surface area contributed by atoms with Crippen molar-refractivity contribution in [2.75, 3.05) is 13.1 Å². The molecule has 1 saturated carbocycles. The first-order valence-electron chi connectivity index (χ1n) is 10.6. The van der Waals surface area contributed by atoms with E-state index in [1.54, 1.807) is 0 Å².